The summed E-state index contributed by atoms with van der Waals surface area (Å²) in [5, 5.41) is 16.1. The smallest absolute Gasteiger partial charge is 0.274 e. The third-order valence-corrected chi connectivity index (χ3v) is 4.41. The Morgan fingerprint density at radius 1 is 1.18 bits per heavy atom. The third-order valence-electron chi connectivity index (χ3n) is 4.41. The van der Waals surface area contributed by atoms with Gasteiger partial charge in [0.15, 0.2) is 11.5 Å². The molecule has 0 saturated carbocycles. The lowest BCUT2D eigenvalue weighted by molar-refractivity contribution is 0.0866. The van der Waals surface area contributed by atoms with Gasteiger partial charge < -0.3 is 14.6 Å². The standard InChI is InChI=1S/C22H24N2O4/c1-4-7-16-10-11-20(21(12-16)27-3)28-14-17(25)13-24-22(26)19-9-6-5-8-18(19)15(2)23-24/h4-12,17,25H,13-14H2,1-3H3/b7-4+. The maximum atomic E-state index is 12.6. The van der Waals surface area contributed by atoms with Crippen LogP contribution in [0, 0.1) is 6.92 Å². The van der Waals surface area contributed by atoms with Crippen LogP contribution in [0.4, 0.5) is 0 Å². The first kappa shape index (κ1) is 19.6. The number of aromatic nitrogens is 2. The van der Waals surface area contributed by atoms with Gasteiger partial charge in [-0.3, -0.25) is 4.79 Å². The number of aliphatic hydroxyl groups is 1. The second kappa shape index (κ2) is 8.71. The van der Waals surface area contributed by atoms with Gasteiger partial charge in [0, 0.05) is 5.39 Å². The average Bonchev–Trinajstić information content (AvgIpc) is 2.71. The number of fused-ring (bicyclic) bond motifs is 1. The maximum Gasteiger partial charge on any atom is 0.274 e. The highest BCUT2D eigenvalue weighted by atomic mass is 16.5. The molecule has 0 fully saturated rings. The number of ether oxygens (including phenoxy) is 2. The molecule has 0 bridgehead atoms. The van der Waals surface area contributed by atoms with E-state index >= 15 is 0 Å². The summed E-state index contributed by atoms with van der Waals surface area (Å²) in [4.78, 5) is 12.6. The fourth-order valence-electron chi connectivity index (χ4n) is 3.07. The molecular formula is C22H24N2O4. The molecule has 28 heavy (non-hydrogen) atoms. The minimum absolute atomic E-state index is 0.0132. The van der Waals surface area contributed by atoms with Gasteiger partial charge in [0.1, 0.15) is 12.7 Å². The first-order valence-corrected chi connectivity index (χ1v) is 9.11. The summed E-state index contributed by atoms with van der Waals surface area (Å²) in [6, 6.07) is 12.9. The zero-order chi connectivity index (χ0) is 20.1. The second-order valence-electron chi connectivity index (χ2n) is 6.49. The predicted molar refractivity (Wildman–Crippen MR) is 110 cm³/mol. The molecule has 0 aliphatic carbocycles. The van der Waals surface area contributed by atoms with E-state index in [0.29, 0.717) is 16.9 Å². The number of hydrogen-bond acceptors (Lipinski definition) is 5. The summed E-state index contributed by atoms with van der Waals surface area (Å²) in [6.45, 7) is 3.85. The number of methoxy groups -OCH3 is 1. The quantitative estimate of drug-likeness (QED) is 0.681. The Hall–Kier alpha value is -3.12. The number of aliphatic hydroxyl groups excluding tert-OH is 1. The molecule has 3 rings (SSSR count). The molecular weight excluding hydrogens is 356 g/mol. The van der Waals surface area contributed by atoms with E-state index in [2.05, 4.69) is 5.10 Å². The third kappa shape index (κ3) is 4.23. The molecule has 0 spiro atoms. The maximum absolute atomic E-state index is 12.6. The van der Waals surface area contributed by atoms with Crippen molar-refractivity contribution >= 4 is 16.8 Å². The molecule has 0 amide bonds. The van der Waals surface area contributed by atoms with Crippen molar-refractivity contribution < 1.29 is 14.6 Å². The van der Waals surface area contributed by atoms with Crippen LogP contribution < -0.4 is 15.0 Å². The van der Waals surface area contributed by atoms with Crippen LogP contribution in [0.15, 0.2) is 53.3 Å². The van der Waals surface area contributed by atoms with E-state index in [9.17, 15) is 9.90 Å². The van der Waals surface area contributed by atoms with E-state index in [4.69, 9.17) is 9.47 Å². The van der Waals surface area contributed by atoms with Gasteiger partial charge >= 0.3 is 0 Å². The Labute approximate surface area is 163 Å². The summed E-state index contributed by atoms with van der Waals surface area (Å²) < 4.78 is 12.4. The molecule has 1 aromatic heterocycles. The van der Waals surface area contributed by atoms with E-state index in [-0.39, 0.29) is 18.7 Å². The van der Waals surface area contributed by atoms with E-state index in [0.717, 1.165) is 16.6 Å². The molecule has 1 unspecified atom stereocenters. The zero-order valence-electron chi connectivity index (χ0n) is 16.3. The second-order valence-corrected chi connectivity index (χ2v) is 6.49. The van der Waals surface area contributed by atoms with Crippen LogP contribution in [0.3, 0.4) is 0 Å². The van der Waals surface area contributed by atoms with Crippen molar-refractivity contribution in [2.75, 3.05) is 13.7 Å². The van der Waals surface area contributed by atoms with Crippen LogP contribution in [0.5, 0.6) is 11.5 Å². The lowest BCUT2D eigenvalue weighted by atomic mass is 10.1. The molecule has 0 aliphatic rings. The number of rotatable bonds is 7. The molecule has 1 N–H and O–H groups in total. The monoisotopic (exact) mass is 380 g/mol. The molecule has 6 nitrogen and oxygen atoms in total. The van der Waals surface area contributed by atoms with Crippen molar-refractivity contribution in [1.29, 1.82) is 0 Å². The van der Waals surface area contributed by atoms with Crippen LogP contribution in [-0.2, 0) is 6.54 Å². The average molecular weight is 380 g/mol. The van der Waals surface area contributed by atoms with Crippen molar-refractivity contribution in [3.63, 3.8) is 0 Å². The Morgan fingerprint density at radius 2 is 1.93 bits per heavy atom. The van der Waals surface area contributed by atoms with Gasteiger partial charge in [-0.15, -0.1) is 0 Å². The first-order valence-electron chi connectivity index (χ1n) is 9.11. The highest BCUT2D eigenvalue weighted by molar-refractivity contribution is 5.83. The van der Waals surface area contributed by atoms with Crippen LogP contribution >= 0.6 is 0 Å². The molecule has 6 heteroatoms. The summed E-state index contributed by atoms with van der Waals surface area (Å²) in [5.74, 6) is 1.12. The Bertz CT molecular complexity index is 1060. The van der Waals surface area contributed by atoms with Gasteiger partial charge in [-0.25, -0.2) is 4.68 Å². The summed E-state index contributed by atoms with van der Waals surface area (Å²) in [5.41, 5.74) is 1.51. The van der Waals surface area contributed by atoms with Crippen LogP contribution in [-0.4, -0.2) is 34.7 Å². The van der Waals surface area contributed by atoms with Gasteiger partial charge in [-0.1, -0.05) is 36.4 Å². The minimum Gasteiger partial charge on any atom is -0.493 e. The summed E-state index contributed by atoms with van der Waals surface area (Å²) in [6.07, 6.45) is 3.00. The van der Waals surface area contributed by atoms with Gasteiger partial charge in [-0.05, 0) is 37.6 Å². The molecule has 1 atom stereocenters. The largest absolute Gasteiger partial charge is 0.493 e. The summed E-state index contributed by atoms with van der Waals surface area (Å²) >= 11 is 0. The fourth-order valence-corrected chi connectivity index (χ4v) is 3.07. The topological polar surface area (TPSA) is 73.6 Å². The molecule has 0 radical (unpaired) electrons. The molecule has 2 aromatic carbocycles. The zero-order valence-corrected chi connectivity index (χ0v) is 16.3. The van der Waals surface area contributed by atoms with Crippen molar-refractivity contribution in [3.05, 3.63) is 70.2 Å². The van der Waals surface area contributed by atoms with E-state index in [1.807, 2.05) is 56.3 Å². The van der Waals surface area contributed by atoms with Crippen LogP contribution in [0.2, 0.25) is 0 Å². The number of nitrogens with zero attached hydrogens (tertiary/aromatic N) is 2. The summed E-state index contributed by atoms with van der Waals surface area (Å²) in [7, 11) is 1.57. The number of aryl methyl sites for hydroxylation is 1. The number of allylic oxidation sites excluding steroid dienone is 1. The van der Waals surface area contributed by atoms with E-state index < -0.39 is 6.10 Å². The van der Waals surface area contributed by atoms with Crippen LogP contribution in [0.25, 0.3) is 16.8 Å². The normalized spacial score (nSPS) is 12.4. The molecule has 0 saturated heterocycles. The van der Waals surface area contributed by atoms with Crippen molar-refractivity contribution in [1.82, 2.24) is 9.78 Å². The Balaban J connectivity index is 1.73. The van der Waals surface area contributed by atoms with Crippen molar-refractivity contribution in [2.24, 2.45) is 0 Å². The van der Waals surface area contributed by atoms with Gasteiger partial charge in [0.25, 0.3) is 5.56 Å². The van der Waals surface area contributed by atoms with E-state index in [1.54, 1.807) is 19.2 Å². The van der Waals surface area contributed by atoms with Gasteiger partial charge in [-0.2, -0.15) is 5.10 Å². The lowest BCUT2D eigenvalue weighted by Crippen LogP contribution is -2.32. The fraction of sp³-hybridized carbons (Fsp3) is 0.273. The molecule has 0 aliphatic heterocycles. The first-order chi connectivity index (χ1) is 13.5. The minimum atomic E-state index is -0.898. The Kier molecular flexibility index (Phi) is 6.11. The number of benzene rings is 2. The van der Waals surface area contributed by atoms with Crippen molar-refractivity contribution in [2.45, 2.75) is 26.5 Å². The predicted octanol–water partition coefficient (Wildman–Crippen LogP) is 3.19. The molecule has 3 aromatic rings. The van der Waals surface area contributed by atoms with Gasteiger partial charge in [0.2, 0.25) is 0 Å². The lowest BCUT2D eigenvalue weighted by Gasteiger charge is -2.16. The molecule has 146 valence electrons. The highest BCUT2D eigenvalue weighted by Gasteiger charge is 2.13. The SMILES string of the molecule is C/C=C/c1ccc(OCC(O)Cn2nc(C)c3ccccc3c2=O)c(OC)c1. The highest BCUT2D eigenvalue weighted by Crippen LogP contribution is 2.28. The molecule has 1 heterocycles. The van der Waals surface area contributed by atoms with Crippen molar-refractivity contribution in [3.8, 4) is 11.5 Å². The van der Waals surface area contributed by atoms with Gasteiger partial charge in [0.05, 0.1) is 24.7 Å². The van der Waals surface area contributed by atoms with E-state index in [1.165, 1.54) is 4.68 Å². The Morgan fingerprint density at radius 3 is 2.64 bits per heavy atom. The number of hydrogen-bond donors (Lipinski definition) is 1. The van der Waals surface area contributed by atoms with Crippen LogP contribution in [0.1, 0.15) is 18.2 Å².